The van der Waals surface area contributed by atoms with Crippen LogP contribution in [0.3, 0.4) is 0 Å². The minimum atomic E-state index is -0.154. The average Bonchev–Trinajstić information content (AvgIpc) is 2.53. The molecule has 1 saturated heterocycles. The lowest BCUT2D eigenvalue weighted by Gasteiger charge is -2.34. The topological polar surface area (TPSA) is 7.68 Å². The highest BCUT2D eigenvalue weighted by Gasteiger charge is 2.21. The Bertz CT molecular complexity index is 628. The van der Waals surface area contributed by atoms with Crippen LogP contribution in [-0.4, -0.2) is 26.2 Å². The molecule has 2 aromatic carbocycles. The molecule has 0 atom stereocenters. The van der Waals surface area contributed by atoms with E-state index in [1.807, 2.05) is 12.1 Å². The maximum absolute atomic E-state index is 13.0. The van der Waals surface area contributed by atoms with E-state index in [2.05, 4.69) is 36.9 Å². The van der Waals surface area contributed by atoms with Gasteiger partial charge in [-0.1, -0.05) is 24.3 Å². The summed E-state index contributed by atoms with van der Waals surface area (Å²) in [6.07, 6.45) is 0. The van der Waals surface area contributed by atoms with Gasteiger partial charge in [0.25, 0.3) is 0 Å². The standard InChI is InChI=1S/C19H23FN2/c1-15-4-3-5-19(16(15)2)22-12-10-21(11-13-22)14-17-6-8-18(20)9-7-17/h3-9H,10-14H2,1-2H3/p+1. The third-order valence-electron chi connectivity index (χ3n) is 4.75. The van der Waals surface area contributed by atoms with Crippen LogP contribution in [0.2, 0.25) is 0 Å². The van der Waals surface area contributed by atoms with Crippen molar-refractivity contribution in [3.63, 3.8) is 0 Å². The minimum Gasteiger partial charge on any atom is -0.360 e. The Kier molecular flexibility index (Phi) is 4.44. The molecule has 0 radical (unpaired) electrons. The van der Waals surface area contributed by atoms with Crippen LogP contribution in [-0.2, 0) is 6.54 Å². The second-order valence-electron chi connectivity index (χ2n) is 6.26. The first-order valence-electron chi connectivity index (χ1n) is 8.02. The number of rotatable bonds is 3. The van der Waals surface area contributed by atoms with E-state index < -0.39 is 0 Å². The number of halogens is 1. The molecule has 0 saturated carbocycles. The highest BCUT2D eigenvalue weighted by molar-refractivity contribution is 5.56. The number of aryl methyl sites for hydroxylation is 1. The Morgan fingerprint density at radius 3 is 2.36 bits per heavy atom. The quantitative estimate of drug-likeness (QED) is 0.914. The zero-order valence-electron chi connectivity index (χ0n) is 13.4. The van der Waals surface area contributed by atoms with Crippen molar-refractivity contribution in [1.82, 2.24) is 0 Å². The van der Waals surface area contributed by atoms with Crippen molar-refractivity contribution in [3.05, 3.63) is 65.0 Å². The number of nitrogens with one attached hydrogen (secondary N) is 1. The molecule has 0 spiro atoms. The van der Waals surface area contributed by atoms with Crippen molar-refractivity contribution in [2.75, 3.05) is 31.1 Å². The summed E-state index contributed by atoms with van der Waals surface area (Å²) in [5.74, 6) is -0.154. The summed E-state index contributed by atoms with van der Waals surface area (Å²) in [6, 6.07) is 13.5. The van der Waals surface area contributed by atoms with E-state index in [0.717, 1.165) is 32.7 Å². The van der Waals surface area contributed by atoms with E-state index in [-0.39, 0.29) is 5.82 Å². The zero-order chi connectivity index (χ0) is 15.5. The Balaban J connectivity index is 1.60. The number of benzene rings is 2. The van der Waals surface area contributed by atoms with Crippen LogP contribution < -0.4 is 9.80 Å². The molecule has 0 bridgehead atoms. The molecular formula is C19H24FN2+. The van der Waals surface area contributed by atoms with Gasteiger partial charge in [0.2, 0.25) is 0 Å². The molecule has 1 fully saturated rings. The second-order valence-corrected chi connectivity index (χ2v) is 6.26. The number of anilines is 1. The lowest BCUT2D eigenvalue weighted by atomic mass is 10.1. The van der Waals surface area contributed by atoms with Crippen LogP contribution in [0.5, 0.6) is 0 Å². The van der Waals surface area contributed by atoms with Gasteiger partial charge >= 0.3 is 0 Å². The van der Waals surface area contributed by atoms with Gasteiger partial charge in [-0.3, -0.25) is 0 Å². The van der Waals surface area contributed by atoms with Gasteiger partial charge in [-0.2, -0.15) is 0 Å². The van der Waals surface area contributed by atoms with Crippen LogP contribution in [0.15, 0.2) is 42.5 Å². The van der Waals surface area contributed by atoms with E-state index in [1.54, 1.807) is 17.0 Å². The van der Waals surface area contributed by atoms with Crippen LogP contribution in [0, 0.1) is 19.7 Å². The van der Waals surface area contributed by atoms with Crippen LogP contribution in [0.1, 0.15) is 16.7 Å². The van der Waals surface area contributed by atoms with Gasteiger partial charge in [0, 0.05) is 11.3 Å². The van der Waals surface area contributed by atoms with Gasteiger partial charge in [-0.15, -0.1) is 0 Å². The fourth-order valence-corrected chi connectivity index (χ4v) is 3.21. The van der Waals surface area contributed by atoms with Crippen molar-refractivity contribution in [2.45, 2.75) is 20.4 Å². The largest absolute Gasteiger partial charge is 0.360 e. The first-order chi connectivity index (χ1) is 10.6. The molecule has 0 amide bonds. The molecule has 1 aliphatic heterocycles. The Morgan fingerprint density at radius 2 is 1.68 bits per heavy atom. The number of quaternary nitrogens is 1. The van der Waals surface area contributed by atoms with Gasteiger partial charge in [0.1, 0.15) is 12.4 Å². The molecule has 0 aromatic heterocycles. The van der Waals surface area contributed by atoms with Gasteiger partial charge in [0.15, 0.2) is 0 Å². The van der Waals surface area contributed by atoms with Crippen molar-refractivity contribution in [3.8, 4) is 0 Å². The number of nitrogens with zero attached hydrogens (tertiary/aromatic N) is 1. The molecule has 1 heterocycles. The smallest absolute Gasteiger partial charge is 0.123 e. The maximum atomic E-state index is 13.0. The van der Waals surface area contributed by atoms with Crippen LogP contribution >= 0.6 is 0 Å². The number of hydrogen-bond acceptors (Lipinski definition) is 1. The van der Waals surface area contributed by atoms with E-state index in [0.29, 0.717) is 0 Å². The summed E-state index contributed by atoms with van der Waals surface area (Å²) in [7, 11) is 0. The molecule has 3 heteroatoms. The predicted octanol–water partition coefficient (Wildman–Crippen LogP) is 2.35. The normalized spacial score (nSPS) is 16.0. The Morgan fingerprint density at radius 1 is 1.00 bits per heavy atom. The molecule has 3 rings (SSSR count). The van der Waals surface area contributed by atoms with E-state index in [1.165, 1.54) is 22.4 Å². The van der Waals surface area contributed by atoms with Gasteiger partial charge < -0.3 is 9.80 Å². The average molecular weight is 299 g/mol. The maximum Gasteiger partial charge on any atom is 0.123 e. The third kappa shape index (κ3) is 3.30. The van der Waals surface area contributed by atoms with Gasteiger partial charge in [0.05, 0.1) is 26.2 Å². The Labute approximate surface area is 132 Å². The van der Waals surface area contributed by atoms with E-state index in [9.17, 15) is 4.39 Å². The molecule has 1 aliphatic rings. The van der Waals surface area contributed by atoms with Crippen molar-refractivity contribution < 1.29 is 9.29 Å². The second kappa shape index (κ2) is 6.49. The SMILES string of the molecule is Cc1cccc(N2CC[NH+](Cc3ccc(F)cc3)CC2)c1C. The molecule has 116 valence electrons. The molecule has 1 N–H and O–H groups in total. The Hall–Kier alpha value is -1.87. The summed E-state index contributed by atoms with van der Waals surface area (Å²) in [5, 5.41) is 0. The molecule has 2 aromatic rings. The van der Waals surface area contributed by atoms with Crippen molar-refractivity contribution in [1.29, 1.82) is 0 Å². The number of piperazine rings is 1. The van der Waals surface area contributed by atoms with E-state index in [4.69, 9.17) is 0 Å². The lowest BCUT2D eigenvalue weighted by molar-refractivity contribution is -0.914. The highest BCUT2D eigenvalue weighted by Crippen LogP contribution is 2.22. The predicted molar refractivity (Wildman–Crippen MR) is 88.9 cm³/mol. The monoisotopic (exact) mass is 299 g/mol. The lowest BCUT2D eigenvalue weighted by Crippen LogP contribution is -3.13. The molecule has 0 aliphatic carbocycles. The van der Waals surface area contributed by atoms with Crippen LogP contribution in [0.4, 0.5) is 10.1 Å². The zero-order valence-corrected chi connectivity index (χ0v) is 13.4. The third-order valence-corrected chi connectivity index (χ3v) is 4.75. The fraction of sp³-hybridized carbons (Fsp3) is 0.368. The molecule has 22 heavy (non-hydrogen) atoms. The van der Waals surface area contributed by atoms with Gasteiger partial charge in [-0.05, 0) is 43.2 Å². The summed E-state index contributed by atoms with van der Waals surface area (Å²) in [4.78, 5) is 4.07. The molecular weight excluding hydrogens is 275 g/mol. The number of hydrogen-bond donors (Lipinski definition) is 1. The van der Waals surface area contributed by atoms with E-state index >= 15 is 0 Å². The van der Waals surface area contributed by atoms with Crippen molar-refractivity contribution >= 4 is 5.69 Å². The first-order valence-corrected chi connectivity index (χ1v) is 8.02. The highest BCUT2D eigenvalue weighted by atomic mass is 19.1. The van der Waals surface area contributed by atoms with Gasteiger partial charge in [-0.25, -0.2) is 4.39 Å². The summed E-state index contributed by atoms with van der Waals surface area (Å²) in [5.41, 5.74) is 5.35. The first kappa shape index (κ1) is 15.0. The molecule has 2 nitrogen and oxygen atoms in total. The summed E-state index contributed by atoms with van der Waals surface area (Å²) >= 11 is 0. The summed E-state index contributed by atoms with van der Waals surface area (Å²) < 4.78 is 13.0. The minimum absolute atomic E-state index is 0.154. The summed E-state index contributed by atoms with van der Waals surface area (Å²) in [6.45, 7) is 9.80. The fourth-order valence-electron chi connectivity index (χ4n) is 3.21. The van der Waals surface area contributed by atoms with Crippen molar-refractivity contribution in [2.24, 2.45) is 0 Å². The van der Waals surface area contributed by atoms with Crippen LogP contribution in [0.25, 0.3) is 0 Å². The molecule has 0 unspecified atom stereocenters.